The zero-order chi connectivity index (χ0) is 15.6. The van der Waals surface area contributed by atoms with E-state index in [0.717, 1.165) is 11.1 Å². The molecule has 0 spiro atoms. The molecule has 5 heteroatoms. The summed E-state index contributed by atoms with van der Waals surface area (Å²) < 4.78 is 0. The van der Waals surface area contributed by atoms with Gasteiger partial charge in [0.2, 0.25) is 0 Å². The van der Waals surface area contributed by atoms with Crippen LogP contribution >= 0.6 is 11.6 Å². The molecular weight excluding hydrogens is 290 g/mol. The number of rotatable bonds is 3. The van der Waals surface area contributed by atoms with Gasteiger partial charge < -0.3 is 10.4 Å². The Labute approximate surface area is 127 Å². The Bertz CT molecular complexity index is 705. The summed E-state index contributed by atoms with van der Waals surface area (Å²) in [6.07, 6.45) is 0. The number of hydrogen-bond acceptors (Lipinski definition) is 2. The number of carbonyl (C=O) groups is 2. The van der Waals surface area contributed by atoms with Crippen molar-refractivity contribution < 1.29 is 14.7 Å². The van der Waals surface area contributed by atoms with Gasteiger partial charge in [0.1, 0.15) is 0 Å². The van der Waals surface area contributed by atoms with Crippen molar-refractivity contribution in [2.75, 3.05) is 5.32 Å². The number of amides is 1. The van der Waals surface area contributed by atoms with E-state index in [0.29, 0.717) is 5.56 Å². The van der Waals surface area contributed by atoms with Crippen LogP contribution < -0.4 is 5.32 Å². The van der Waals surface area contributed by atoms with Gasteiger partial charge in [-0.05, 0) is 38.1 Å². The van der Waals surface area contributed by atoms with Crippen molar-refractivity contribution in [1.29, 1.82) is 0 Å². The van der Waals surface area contributed by atoms with Crippen LogP contribution in [0.4, 0.5) is 5.69 Å². The topological polar surface area (TPSA) is 66.4 Å². The molecule has 21 heavy (non-hydrogen) atoms. The second-order valence-corrected chi connectivity index (χ2v) is 5.21. The van der Waals surface area contributed by atoms with Crippen molar-refractivity contribution in [2.24, 2.45) is 0 Å². The molecule has 0 saturated heterocycles. The smallest absolute Gasteiger partial charge is 0.337 e. The molecule has 0 aliphatic carbocycles. The summed E-state index contributed by atoms with van der Waals surface area (Å²) in [7, 11) is 0. The molecule has 2 aromatic rings. The number of carbonyl (C=O) groups excluding carboxylic acids is 1. The third kappa shape index (κ3) is 3.41. The molecule has 0 unspecified atom stereocenters. The van der Waals surface area contributed by atoms with Crippen molar-refractivity contribution >= 4 is 29.2 Å². The largest absolute Gasteiger partial charge is 0.478 e. The highest BCUT2D eigenvalue weighted by Gasteiger charge is 2.16. The van der Waals surface area contributed by atoms with Crippen molar-refractivity contribution in [2.45, 2.75) is 13.8 Å². The minimum atomic E-state index is -1.15. The van der Waals surface area contributed by atoms with E-state index >= 15 is 0 Å². The van der Waals surface area contributed by atoms with Crippen LogP contribution in [0.25, 0.3) is 0 Å². The first kappa shape index (κ1) is 15.1. The van der Waals surface area contributed by atoms with Gasteiger partial charge in [0, 0.05) is 5.56 Å². The van der Waals surface area contributed by atoms with Crippen LogP contribution in [0.1, 0.15) is 31.8 Å². The number of benzene rings is 2. The van der Waals surface area contributed by atoms with Gasteiger partial charge in [-0.3, -0.25) is 4.79 Å². The fraction of sp³-hybridized carbons (Fsp3) is 0.125. The van der Waals surface area contributed by atoms with E-state index in [1.54, 1.807) is 12.1 Å². The molecule has 2 rings (SSSR count). The predicted octanol–water partition coefficient (Wildman–Crippen LogP) is 3.91. The first-order chi connectivity index (χ1) is 9.88. The van der Waals surface area contributed by atoms with Crippen molar-refractivity contribution in [1.82, 2.24) is 0 Å². The highest BCUT2D eigenvalue weighted by molar-refractivity contribution is 6.34. The van der Waals surface area contributed by atoms with Gasteiger partial charge in [0.05, 0.1) is 16.3 Å². The first-order valence-corrected chi connectivity index (χ1v) is 6.67. The maximum absolute atomic E-state index is 12.3. The predicted molar refractivity (Wildman–Crippen MR) is 82.3 cm³/mol. The summed E-state index contributed by atoms with van der Waals surface area (Å²) in [5.74, 6) is -1.54. The Morgan fingerprint density at radius 1 is 1.10 bits per heavy atom. The van der Waals surface area contributed by atoms with E-state index in [1.807, 2.05) is 19.9 Å². The number of aryl methyl sites for hydroxylation is 2. The van der Waals surface area contributed by atoms with Gasteiger partial charge in [-0.15, -0.1) is 0 Å². The standard InChI is InChI=1S/C16H14ClNO3/c1-9-6-10(2)8-11(7-9)15(19)18-14-12(16(20)21)4-3-5-13(14)17/h3-8H,1-2H3,(H,18,19)(H,20,21). The first-order valence-electron chi connectivity index (χ1n) is 6.30. The summed E-state index contributed by atoms with van der Waals surface area (Å²) in [4.78, 5) is 23.5. The van der Waals surface area contributed by atoms with Gasteiger partial charge in [-0.25, -0.2) is 4.79 Å². The van der Waals surface area contributed by atoms with Crippen LogP contribution in [0.2, 0.25) is 5.02 Å². The lowest BCUT2D eigenvalue weighted by molar-refractivity contribution is 0.0698. The van der Waals surface area contributed by atoms with E-state index in [-0.39, 0.29) is 16.3 Å². The average molecular weight is 304 g/mol. The Balaban J connectivity index is 2.38. The molecule has 2 aromatic carbocycles. The van der Waals surface area contributed by atoms with Gasteiger partial charge in [0.25, 0.3) is 5.91 Å². The van der Waals surface area contributed by atoms with Gasteiger partial charge in [0.15, 0.2) is 0 Å². The fourth-order valence-corrected chi connectivity index (χ4v) is 2.34. The summed E-state index contributed by atoms with van der Waals surface area (Å²) >= 11 is 5.99. The SMILES string of the molecule is Cc1cc(C)cc(C(=O)Nc2c(Cl)cccc2C(=O)O)c1. The van der Waals surface area contributed by atoms with Crippen LogP contribution in [0.5, 0.6) is 0 Å². The number of halogens is 1. The molecular formula is C16H14ClNO3. The van der Waals surface area contributed by atoms with E-state index < -0.39 is 11.9 Å². The van der Waals surface area contributed by atoms with Crippen molar-refractivity contribution in [3.05, 3.63) is 63.7 Å². The molecule has 0 bridgehead atoms. The van der Waals surface area contributed by atoms with Gasteiger partial charge in [-0.1, -0.05) is 34.9 Å². The lowest BCUT2D eigenvalue weighted by Gasteiger charge is -2.11. The van der Waals surface area contributed by atoms with Crippen LogP contribution in [-0.2, 0) is 0 Å². The molecule has 0 aliphatic heterocycles. The zero-order valence-corrected chi connectivity index (χ0v) is 12.4. The molecule has 0 aromatic heterocycles. The monoisotopic (exact) mass is 303 g/mol. The van der Waals surface area contributed by atoms with E-state index in [1.165, 1.54) is 18.2 Å². The Morgan fingerprint density at radius 3 is 2.29 bits per heavy atom. The minimum absolute atomic E-state index is 0.0415. The summed E-state index contributed by atoms with van der Waals surface area (Å²) in [6.45, 7) is 3.78. The van der Waals surface area contributed by atoms with Gasteiger partial charge in [-0.2, -0.15) is 0 Å². The second-order valence-electron chi connectivity index (χ2n) is 4.80. The number of carboxylic acids is 1. The van der Waals surface area contributed by atoms with Gasteiger partial charge >= 0.3 is 5.97 Å². The molecule has 0 saturated carbocycles. The minimum Gasteiger partial charge on any atom is -0.478 e. The molecule has 1 amide bonds. The van der Waals surface area contributed by atoms with E-state index in [4.69, 9.17) is 16.7 Å². The number of aromatic carboxylic acids is 1. The molecule has 0 fully saturated rings. The highest BCUT2D eigenvalue weighted by Crippen LogP contribution is 2.26. The van der Waals surface area contributed by atoms with Crippen LogP contribution in [0, 0.1) is 13.8 Å². The van der Waals surface area contributed by atoms with E-state index in [2.05, 4.69) is 5.32 Å². The van der Waals surface area contributed by atoms with Crippen LogP contribution in [0.3, 0.4) is 0 Å². The zero-order valence-electron chi connectivity index (χ0n) is 11.6. The van der Waals surface area contributed by atoms with Crippen molar-refractivity contribution in [3.63, 3.8) is 0 Å². The maximum atomic E-state index is 12.3. The molecule has 0 radical (unpaired) electrons. The van der Waals surface area contributed by atoms with E-state index in [9.17, 15) is 9.59 Å². The third-order valence-corrected chi connectivity index (χ3v) is 3.28. The summed E-state index contributed by atoms with van der Waals surface area (Å²) in [5, 5.41) is 11.9. The molecule has 2 N–H and O–H groups in total. The molecule has 108 valence electrons. The quantitative estimate of drug-likeness (QED) is 0.903. The second kappa shape index (κ2) is 5.97. The number of nitrogens with one attached hydrogen (secondary N) is 1. The lowest BCUT2D eigenvalue weighted by Crippen LogP contribution is -2.15. The Morgan fingerprint density at radius 2 is 1.71 bits per heavy atom. The molecule has 0 heterocycles. The Hall–Kier alpha value is -2.33. The number of para-hydroxylation sites is 1. The number of anilines is 1. The molecule has 0 aliphatic rings. The average Bonchev–Trinajstić information content (AvgIpc) is 2.39. The highest BCUT2D eigenvalue weighted by atomic mass is 35.5. The summed E-state index contributed by atoms with van der Waals surface area (Å²) in [5.41, 5.74) is 2.44. The fourth-order valence-electron chi connectivity index (χ4n) is 2.12. The number of hydrogen-bond donors (Lipinski definition) is 2. The lowest BCUT2D eigenvalue weighted by atomic mass is 10.1. The summed E-state index contributed by atoms with van der Waals surface area (Å²) in [6, 6.07) is 9.88. The number of carboxylic acid groups (broad SMARTS) is 1. The third-order valence-electron chi connectivity index (χ3n) is 2.97. The van der Waals surface area contributed by atoms with Crippen LogP contribution in [-0.4, -0.2) is 17.0 Å². The molecule has 4 nitrogen and oxygen atoms in total. The Kier molecular flexibility index (Phi) is 4.29. The molecule has 0 atom stereocenters. The van der Waals surface area contributed by atoms with Crippen molar-refractivity contribution in [3.8, 4) is 0 Å². The maximum Gasteiger partial charge on any atom is 0.337 e. The normalized spacial score (nSPS) is 10.2. The van der Waals surface area contributed by atoms with Crippen LogP contribution in [0.15, 0.2) is 36.4 Å².